The maximum absolute atomic E-state index is 12.6. The van der Waals surface area contributed by atoms with E-state index in [0.29, 0.717) is 24.3 Å². The molecule has 0 aromatic heterocycles. The first-order valence-corrected chi connectivity index (χ1v) is 8.56. The van der Waals surface area contributed by atoms with E-state index in [1.165, 1.54) is 11.8 Å². The van der Waals surface area contributed by atoms with Gasteiger partial charge in [0.05, 0.1) is 6.04 Å². The molecule has 0 saturated heterocycles. The van der Waals surface area contributed by atoms with Crippen LogP contribution in [0.3, 0.4) is 0 Å². The summed E-state index contributed by atoms with van der Waals surface area (Å²) in [5.41, 5.74) is 11.7. The van der Waals surface area contributed by atoms with Crippen LogP contribution in [0.25, 0.3) is 0 Å². The maximum atomic E-state index is 12.6. The lowest BCUT2D eigenvalue weighted by molar-refractivity contribution is -0.119. The van der Waals surface area contributed by atoms with Crippen molar-refractivity contribution in [1.82, 2.24) is 0 Å². The van der Waals surface area contributed by atoms with E-state index in [0.717, 1.165) is 0 Å². The Morgan fingerprint density at radius 3 is 2.38 bits per heavy atom. The molecule has 1 aromatic rings. The predicted octanol–water partition coefficient (Wildman–Crippen LogP) is 2.05. The normalized spacial score (nSPS) is 15.2. The van der Waals surface area contributed by atoms with Gasteiger partial charge in [-0.15, -0.1) is 11.6 Å². The number of thioether (sulfide) groups is 1. The van der Waals surface area contributed by atoms with Crippen LogP contribution in [-0.4, -0.2) is 35.1 Å². The van der Waals surface area contributed by atoms with Crippen molar-refractivity contribution in [3.8, 4) is 0 Å². The number of rotatable bonds is 9. The molecule has 0 heterocycles. The fourth-order valence-corrected chi connectivity index (χ4v) is 3.29. The largest absolute Gasteiger partial charge is 0.368 e. The number of halogens is 1. The number of ketones is 1. The van der Waals surface area contributed by atoms with E-state index in [9.17, 15) is 9.59 Å². The van der Waals surface area contributed by atoms with E-state index in [4.69, 9.17) is 23.1 Å². The van der Waals surface area contributed by atoms with Crippen molar-refractivity contribution >= 4 is 35.1 Å². The molecule has 0 aliphatic rings. The Kier molecular flexibility index (Phi) is 7.78. The number of amides is 1. The lowest BCUT2D eigenvalue weighted by Gasteiger charge is -2.24. The number of hydrogen-bond acceptors (Lipinski definition) is 4. The molecule has 0 spiro atoms. The SMILES string of the molecule is CSC(CC(CCCl)C(=O)c1ccccc1)C(N)C(N)=O. The van der Waals surface area contributed by atoms with Crippen LogP contribution in [0.5, 0.6) is 0 Å². The Labute approximate surface area is 134 Å². The highest BCUT2D eigenvalue weighted by molar-refractivity contribution is 7.99. The minimum atomic E-state index is -0.763. The molecule has 0 aliphatic carbocycles. The third-order valence-corrected chi connectivity index (χ3v) is 4.74. The molecule has 3 atom stereocenters. The zero-order valence-corrected chi connectivity index (χ0v) is 13.6. The quantitative estimate of drug-likeness (QED) is 0.536. The topological polar surface area (TPSA) is 86.2 Å². The Balaban J connectivity index is 2.86. The second-order valence-corrected chi connectivity index (χ2v) is 6.30. The highest BCUT2D eigenvalue weighted by atomic mass is 35.5. The van der Waals surface area contributed by atoms with Crippen LogP contribution in [0.2, 0.25) is 0 Å². The minimum absolute atomic E-state index is 0.0342. The van der Waals surface area contributed by atoms with Gasteiger partial charge in [-0.05, 0) is 19.1 Å². The monoisotopic (exact) mass is 328 g/mol. The van der Waals surface area contributed by atoms with Gasteiger partial charge < -0.3 is 11.5 Å². The molecule has 116 valence electrons. The molecular weight excluding hydrogens is 308 g/mol. The van der Waals surface area contributed by atoms with Gasteiger partial charge in [-0.1, -0.05) is 30.3 Å². The first kappa shape index (κ1) is 18.0. The van der Waals surface area contributed by atoms with E-state index in [1.54, 1.807) is 12.1 Å². The number of Topliss-reactive ketones (excluding diaryl/α,β-unsaturated/α-hetero) is 1. The van der Waals surface area contributed by atoms with Crippen molar-refractivity contribution in [3.05, 3.63) is 35.9 Å². The summed E-state index contributed by atoms with van der Waals surface area (Å²) in [5.74, 6) is -0.387. The number of carbonyl (C=O) groups is 2. The molecule has 1 rings (SSSR count). The second-order valence-electron chi connectivity index (χ2n) is 4.84. The van der Waals surface area contributed by atoms with Crippen LogP contribution < -0.4 is 11.5 Å². The number of primary amides is 1. The van der Waals surface area contributed by atoms with Crippen molar-refractivity contribution in [3.63, 3.8) is 0 Å². The molecule has 4 N–H and O–H groups in total. The minimum Gasteiger partial charge on any atom is -0.368 e. The van der Waals surface area contributed by atoms with Gasteiger partial charge >= 0.3 is 0 Å². The average molecular weight is 329 g/mol. The van der Waals surface area contributed by atoms with Crippen molar-refractivity contribution in [2.75, 3.05) is 12.1 Å². The number of alkyl halides is 1. The number of hydrogen-bond donors (Lipinski definition) is 2. The van der Waals surface area contributed by atoms with Gasteiger partial charge in [0, 0.05) is 22.6 Å². The molecule has 0 aliphatic heterocycles. The number of benzene rings is 1. The van der Waals surface area contributed by atoms with Crippen molar-refractivity contribution in [2.24, 2.45) is 17.4 Å². The molecule has 0 fully saturated rings. The van der Waals surface area contributed by atoms with Gasteiger partial charge in [0.2, 0.25) is 5.91 Å². The predicted molar refractivity (Wildman–Crippen MR) is 88.7 cm³/mol. The third kappa shape index (κ3) is 5.34. The Bertz CT molecular complexity index is 470. The number of nitrogens with two attached hydrogens (primary N) is 2. The summed E-state index contributed by atoms with van der Waals surface area (Å²) in [6.45, 7) is 0. The van der Waals surface area contributed by atoms with E-state index in [1.807, 2.05) is 24.5 Å². The van der Waals surface area contributed by atoms with Crippen LogP contribution in [0.4, 0.5) is 0 Å². The van der Waals surface area contributed by atoms with Crippen molar-refractivity contribution in [1.29, 1.82) is 0 Å². The first-order valence-electron chi connectivity index (χ1n) is 6.74. The summed E-state index contributed by atoms with van der Waals surface area (Å²) < 4.78 is 0. The molecule has 1 aromatic carbocycles. The van der Waals surface area contributed by atoms with E-state index < -0.39 is 11.9 Å². The van der Waals surface area contributed by atoms with Crippen molar-refractivity contribution in [2.45, 2.75) is 24.1 Å². The molecule has 0 bridgehead atoms. The molecular formula is C15H21ClN2O2S. The highest BCUT2D eigenvalue weighted by Crippen LogP contribution is 2.25. The molecule has 4 nitrogen and oxygen atoms in total. The molecule has 1 amide bonds. The Morgan fingerprint density at radius 2 is 1.90 bits per heavy atom. The third-order valence-electron chi connectivity index (χ3n) is 3.44. The number of carbonyl (C=O) groups excluding carboxylic acids is 2. The van der Waals surface area contributed by atoms with E-state index in [2.05, 4.69) is 0 Å². The highest BCUT2D eigenvalue weighted by Gasteiger charge is 2.28. The van der Waals surface area contributed by atoms with Crippen molar-refractivity contribution < 1.29 is 9.59 Å². The first-order chi connectivity index (χ1) is 10.0. The van der Waals surface area contributed by atoms with Crippen LogP contribution in [0.1, 0.15) is 23.2 Å². The standard InChI is InChI=1S/C15H21ClN2O2S/c1-21-12(13(17)15(18)20)9-11(7-8-16)14(19)10-5-3-2-4-6-10/h2-6,11-13H,7-9,17H2,1H3,(H2,18,20). The van der Waals surface area contributed by atoms with Crippen LogP contribution in [0, 0.1) is 5.92 Å². The summed E-state index contributed by atoms with van der Waals surface area (Å²) >= 11 is 7.27. The van der Waals surface area contributed by atoms with Gasteiger partial charge in [-0.2, -0.15) is 11.8 Å². The lowest BCUT2D eigenvalue weighted by atomic mass is 9.89. The summed E-state index contributed by atoms with van der Waals surface area (Å²) in [6, 6.07) is 8.32. The maximum Gasteiger partial charge on any atom is 0.235 e. The zero-order chi connectivity index (χ0) is 15.8. The summed E-state index contributed by atoms with van der Waals surface area (Å²) in [4.78, 5) is 23.8. The van der Waals surface area contributed by atoms with Gasteiger partial charge in [0.25, 0.3) is 0 Å². The molecule has 6 heteroatoms. The summed E-state index contributed by atoms with van der Waals surface area (Å²) in [5, 5.41) is -0.191. The fraction of sp³-hybridized carbons (Fsp3) is 0.467. The smallest absolute Gasteiger partial charge is 0.235 e. The average Bonchev–Trinajstić information content (AvgIpc) is 2.50. The Hall–Kier alpha value is -1.04. The van der Waals surface area contributed by atoms with E-state index >= 15 is 0 Å². The van der Waals surface area contributed by atoms with E-state index in [-0.39, 0.29) is 17.0 Å². The molecule has 0 saturated carbocycles. The summed E-state index contributed by atoms with van der Waals surface area (Å²) in [6.07, 6.45) is 2.90. The molecule has 0 radical (unpaired) electrons. The summed E-state index contributed by atoms with van der Waals surface area (Å²) in [7, 11) is 0. The van der Waals surface area contributed by atoms with Gasteiger partial charge in [-0.25, -0.2) is 0 Å². The van der Waals surface area contributed by atoms with Crippen LogP contribution in [0.15, 0.2) is 30.3 Å². The zero-order valence-electron chi connectivity index (χ0n) is 12.0. The molecule has 3 unspecified atom stereocenters. The van der Waals surface area contributed by atoms with Gasteiger partial charge in [-0.3, -0.25) is 9.59 Å². The van der Waals surface area contributed by atoms with Gasteiger partial charge in [0.1, 0.15) is 0 Å². The Morgan fingerprint density at radius 1 is 1.29 bits per heavy atom. The van der Waals surface area contributed by atoms with Gasteiger partial charge in [0.15, 0.2) is 5.78 Å². The molecule has 21 heavy (non-hydrogen) atoms. The van der Waals surface area contributed by atoms with Crippen LogP contribution >= 0.6 is 23.4 Å². The fourth-order valence-electron chi connectivity index (χ4n) is 2.18. The van der Waals surface area contributed by atoms with Crippen LogP contribution in [-0.2, 0) is 4.79 Å². The lowest BCUT2D eigenvalue weighted by Crippen LogP contribution is -2.45. The second kappa shape index (κ2) is 9.07.